The third kappa shape index (κ3) is 32.2. The van der Waals surface area contributed by atoms with Crippen LogP contribution in [0.3, 0.4) is 0 Å². The van der Waals surface area contributed by atoms with Crippen LogP contribution in [0.5, 0.6) is 0 Å². The number of aliphatic hydroxyl groups excluding tert-OH is 2. The van der Waals surface area contributed by atoms with Gasteiger partial charge in [-0.25, -0.2) is 24.4 Å². The Balaban J connectivity index is 0.523. The minimum absolute atomic E-state index is 0.00495. The number of methoxy groups -OCH3 is 3. The van der Waals surface area contributed by atoms with Crippen molar-refractivity contribution in [2.24, 2.45) is 35.5 Å². The molecule has 0 unspecified atom stereocenters. The van der Waals surface area contributed by atoms with Crippen molar-refractivity contribution < 1.29 is 120 Å². The van der Waals surface area contributed by atoms with Crippen LogP contribution in [-0.2, 0) is 124 Å². The molecule has 0 spiro atoms. The summed E-state index contributed by atoms with van der Waals surface area (Å²) in [6.45, 7) is 22.5. The fraction of sp³-hybridized carbons (Fsp3) is 0.673. The van der Waals surface area contributed by atoms with Crippen LogP contribution in [0, 0.1) is 35.5 Å². The number of nitrogens with one attached hydrogen (secondary N) is 1. The van der Waals surface area contributed by atoms with E-state index in [0.29, 0.717) is 257 Å². The number of nitrogens with two attached hydrogens (primary N) is 1. The predicted octanol–water partition coefficient (Wildman–Crippen LogP) is 9.76. The molecule has 10 rings (SSSR count). The van der Waals surface area contributed by atoms with Gasteiger partial charge in [0.05, 0.1) is 168 Å². The number of benzene rings is 1. The molecule has 8 heterocycles. The van der Waals surface area contributed by atoms with Gasteiger partial charge in [-0.2, -0.15) is 5.10 Å². The third-order valence-corrected chi connectivity index (χ3v) is 25.6. The number of aliphatic hydroxyl groups is 3. The first-order chi connectivity index (χ1) is 63.9. The SMILES string of the molecule is CO[C@H]1C[C@@H]2CC[C@@H](C)[C@@](O)(O2)C(=O)C(=O)N2CCCC[C@H]2C(=O)O[C@H]([C@H](C)C[C@@H]2CC[C@@H](OC(=O)CCCOCCOCCOCCOCCOCCOCCOCCOCCOCCOCCC(=O)N3CCc4cc(Cn5nc(-c6cnc7[nH]ccc7c6)c6c(N)ncnc65)ccc4C3)[C@H](OC)C2)C[C@@H](O)[C@H](C)/C=C(\C)[C@@H](O)[C@@H](OC)C(=O)[C@H](C)C[C@H](C)/C=C/C=C/C=C/1C. The summed E-state index contributed by atoms with van der Waals surface area (Å²) >= 11 is 0. The van der Waals surface area contributed by atoms with E-state index in [0.717, 1.165) is 39.7 Å². The number of carbonyl (C=O) groups is 6. The molecule has 2 saturated heterocycles. The lowest BCUT2D eigenvalue weighted by Crippen LogP contribution is -2.61. The highest BCUT2D eigenvalue weighted by atomic mass is 16.6. The summed E-state index contributed by atoms with van der Waals surface area (Å²) in [5, 5.41) is 42.5. The number of rotatable bonds is 44. The van der Waals surface area contributed by atoms with Gasteiger partial charge in [0.2, 0.25) is 11.7 Å². The Kier molecular flexibility index (Phi) is 44.7. The fourth-order valence-corrected chi connectivity index (χ4v) is 17.8. The van der Waals surface area contributed by atoms with Crippen LogP contribution >= 0.6 is 0 Å². The molecule has 1 saturated carbocycles. The average molecular weight is 1850 g/mol. The summed E-state index contributed by atoms with van der Waals surface area (Å²) in [7, 11) is 4.55. The first-order valence-corrected chi connectivity index (χ1v) is 47.3. The first kappa shape index (κ1) is 106. The second-order valence-corrected chi connectivity index (χ2v) is 35.5. The molecule has 0 radical (unpaired) electrons. The number of nitrogens with zero attached hydrogens (tertiary/aromatic N) is 7. The molecule has 5 aliphatic rings. The van der Waals surface area contributed by atoms with Crippen LogP contribution in [0.1, 0.15) is 161 Å². The molecule has 3 fully saturated rings. The van der Waals surface area contributed by atoms with Crippen LogP contribution in [0.15, 0.2) is 96.7 Å². The Hall–Kier alpha value is -8.24. The minimum Gasteiger partial charge on any atom is -0.460 e. The van der Waals surface area contributed by atoms with E-state index in [9.17, 15) is 44.1 Å². The smallest absolute Gasteiger partial charge is 0.329 e. The maximum absolute atomic E-state index is 14.8. The Morgan fingerprint density at radius 1 is 0.667 bits per heavy atom. The number of aromatic amines is 1. The zero-order valence-corrected chi connectivity index (χ0v) is 79.1. The summed E-state index contributed by atoms with van der Waals surface area (Å²) in [4.78, 5) is 104. The number of ketones is 2. The van der Waals surface area contributed by atoms with Gasteiger partial charge in [-0.15, -0.1) is 0 Å². The second kappa shape index (κ2) is 55.7. The molecule has 5 aromatic rings. The van der Waals surface area contributed by atoms with Crippen LogP contribution in [0.25, 0.3) is 33.3 Å². The number of amides is 2. The molecule has 2 amide bonds. The number of ether oxygens (including phenoxy) is 16. The van der Waals surface area contributed by atoms with Crippen molar-refractivity contribution in [2.45, 2.75) is 225 Å². The first-order valence-electron chi connectivity index (χ1n) is 47.3. The van der Waals surface area contributed by atoms with Gasteiger partial charge in [-0.05, 0) is 149 Å². The van der Waals surface area contributed by atoms with Crippen LogP contribution in [-0.4, -0.2) is 317 Å². The zero-order valence-electron chi connectivity index (χ0n) is 79.1. The molecule has 1 aromatic carbocycles. The van der Waals surface area contributed by atoms with E-state index in [2.05, 4.69) is 38.1 Å². The molecule has 16 atom stereocenters. The summed E-state index contributed by atoms with van der Waals surface area (Å²) in [6, 6.07) is 9.18. The van der Waals surface area contributed by atoms with E-state index in [1.165, 1.54) is 23.9 Å². The monoisotopic (exact) mass is 1850 g/mol. The molecule has 34 heteroatoms. The summed E-state index contributed by atoms with van der Waals surface area (Å²) in [5.41, 5.74) is 14.0. The number of hydrogen-bond acceptors (Lipinski definition) is 30. The van der Waals surface area contributed by atoms with Gasteiger partial charge < -0.3 is 112 Å². The number of nitrogen functional groups attached to an aromatic ring is 1. The quantitative estimate of drug-likeness (QED) is 0.0105. The number of piperidine rings is 1. The molecule has 6 N–H and O–H groups in total. The molecule has 1 aliphatic carbocycles. The van der Waals surface area contributed by atoms with Crippen LogP contribution < -0.4 is 5.73 Å². The van der Waals surface area contributed by atoms with E-state index < -0.39 is 96.1 Å². The van der Waals surface area contributed by atoms with Crippen molar-refractivity contribution in [1.29, 1.82) is 0 Å². The van der Waals surface area contributed by atoms with Gasteiger partial charge in [0.15, 0.2) is 11.4 Å². The molecule has 2 bridgehead atoms. The Morgan fingerprint density at radius 3 is 1.96 bits per heavy atom. The topological polar surface area (TPSA) is 416 Å². The number of aromatic nitrogens is 6. The van der Waals surface area contributed by atoms with Gasteiger partial charge in [0.25, 0.3) is 11.7 Å². The molecular formula is C98H145N9O25. The Bertz CT molecular complexity index is 4520. The standard InChI is InChI=1S/C98H145N9O25/c1-65-17-12-11-13-18-66(2)82(117-8)59-78-25-21-71(7)98(116,132-78)92(113)96(114)106-31-15-14-19-79(106)97(115)131-83(60-80(108)67(3)54-70(6)90(112)91(119-10)89(111)69(5)53-65)68(4)55-72-23-26-81(84(57-72)118-9)130-86(110)20-16-33-120-35-37-122-39-41-124-43-45-126-47-49-128-51-52-129-50-48-127-46-44-125-42-40-123-38-36-121-34-29-85(109)105-32-28-74-56-73(22-24-76(74)63-105)62-107-95-87(93(99)102-64-103-95)88(104-107)77-58-75-27-30-100-94(75)101-61-77/h11-13,17-18,22,24,27,30,54,56,58,61,64-65,67-69,71-72,78-84,90-91,108,112,116H,14-16,19-21,23,25-26,28-29,31-53,55,57,59-60,62-63H2,1-10H3,(H,100,101)(H2,99,102,103)/b13-11+,17-12+,66-18+,70-54+/t65-,67-,68-,69-,71-,72+,78+,79+,80-,81-,82+,83+,84-,90-,91+,98-/m1/s1. The molecule has 34 nitrogen and oxygen atoms in total. The molecule has 132 heavy (non-hydrogen) atoms. The van der Waals surface area contributed by atoms with Crippen molar-refractivity contribution in [3.05, 3.63) is 113 Å². The number of allylic oxidation sites excluding steroid dienone is 5. The number of anilines is 1. The molecular weight excluding hydrogens is 1700 g/mol. The average Bonchev–Trinajstić information content (AvgIpc) is 1.63. The number of fused-ring (bicyclic) bond motifs is 6. The highest BCUT2D eigenvalue weighted by molar-refractivity contribution is 6.39. The number of cyclic esters (lactones) is 1. The summed E-state index contributed by atoms with van der Waals surface area (Å²) in [6.07, 6.45) is 16.6. The van der Waals surface area contributed by atoms with Gasteiger partial charge in [-0.1, -0.05) is 89.3 Å². The lowest BCUT2D eigenvalue weighted by molar-refractivity contribution is -0.265. The summed E-state index contributed by atoms with van der Waals surface area (Å²) in [5.74, 6) is -7.79. The Labute approximate surface area is 776 Å². The number of carbonyl (C=O) groups excluding carboxylic acids is 6. The maximum atomic E-state index is 14.8. The van der Waals surface area contributed by atoms with E-state index in [1.807, 2.05) is 86.0 Å². The van der Waals surface area contributed by atoms with Gasteiger partial charge in [0.1, 0.15) is 53.9 Å². The minimum atomic E-state index is -2.47. The van der Waals surface area contributed by atoms with Crippen molar-refractivity contribution in [2.75, 3.05) is 172 Å². The number of pyridine rings is 1. The normalized spacial score (nSPS) is 27.0. The Morgan fingerprint density at radius 2 is 1.32 bits per heavy atom. The number of Topliss-reactive ketones (excluding diaryl/α,β-unsaturated/α-hetero) is 2. The highest BCUT2D eigenvalue weighted by Gasteiger charge is 2.53. The van der Waals surface area contributed by atoms with Crippen molar-refractivity contribution in [3.8, 4) is 11.3 Å². The largest absolute Gasteiger partial charge is 0.460 e. The predicted molar refractivity (Wildman–Crippen MR) is 492 cm³/mol. The van der Waals surface area contributed by atoms with Crippen molar-refractivity contribution in [3.63, 3.8) is 0 Å². The number of H-pyrrole nitrogens is 1. The second-order valence-electron chi connectivity index (χ2n) is 35.5. The molecule has 4 aliphatic heterocycles. The van der Waals surface area contributed by atoms with Crippen molar-refractivity contribution >= 4 is 63.2 Å². The molecule has 4 aromatic heterocycles. The van der Waals surface area contributed by atoms with Gasteiger partial charge in [0, 0.05) is 108 Å². The van der Waals surface area contributed by atoms with E-state index in [1.54, 1.807) is 47.3 Å². The molecule has 732 valence electrons. The zero-order chi connectivity index (χ0) is 94.3. The van der Waals surface area contributed by atoms with Crippen LogP contribution in [0.2, 0.25) is 0 Å². The van der Waals surface area contributed by atoms with Crippen molar-refractivity contribution in [1.82, 2.24) is 39.5 Å². The number of hydrogen-bond donors (Lipinski definition) is 5. The van der Waals surface area contributed by atoms with E-state index >= 15 is 0 Å². The lowest BCUT2D eigenvalue weighted by atomic mass is 9.78. The number of esters is 2. The van der Waals surface area contributed by atoms with Gasteiger partial charge in [-0.3, -0.25) is 24.0 Å². The van der Waals surface area contributed by atoms with Gasteiger partial charge >= 0.3 is 11.9 Å². The highest BCUT2D eigenvalue weighted by Crippen LogP contribution is 2.40. The van der Waals surface area contributed by atoms with E-state index in [-0.39, 0.29) is 61.2 Å². The lowest BCUT2D eigenvalue weighted by Gasteiger charge is -2.43. The van der Waals surface area contributed by atoms with E-state index in [4.69, 9.17) is 86.6 Å². The summed E-state index contributed by atoms with van der Waals surface area (Å²) < 4.78 is 94.5. The fourth-order valence-electron chi connectivity index (χ4n) is 17.8. The third-order valence-electron chi connectivity index (χ3n) is 25.6. The van der Waals surface area contributed by atoms with Crippen LogP contribution in [0.4, 0.5) is 5.82 Å². The maximum Gasteiger partial charge on any atom is 0.329 e.